The molecule has 20 heavy (non-hydrogen) atoms. The Kier molecular flexibility index (Phi) is 4.77. The lowest BCUT2D eigenvalue weighted by atomic mass is 10.1. The van der Waals surface area contributed by atoms with Crippen molar-refractivity contribution in [1.82, 2.24) is 0 Å². The molecule has 104 valence electrons. The molecule has 0 unspecified atom stereocenters. The van der Waals surface area contributed by atoms with E-state index in [0.717, 1.165) is 12.0 Å². The third-order valence-electron chi connectivity index (χ3n) is 2.99. The number of rotatable bonds is 5. The van der Waals surface area contributed by atoms with Crippen LogP contribution in [0.25, 0.3) is 6.08 Å². The summed E-state index contributed by atoms with van der Waals surface area (Å²) >= 11 is 0. The van der Waals surface area contributed by atoms with E-state index in [2.05, 4.69) is 0 Å². The van der Waals surface area contributed by atoms with E-state index in [-0.39, 0.29) is 11.3 Å². The summed E-state index contributed by atoms with van der Waals surface area (Å²) in [4.78, 5) is 11.8. The summed E-state index contributed by atoms with van der Waals surface area (Å²) in [5, 5.41) is 9.88. The lowest BCUT2D eigenvalue weighted by molar-refractivity contribution is 0.420. The van der Waals surface area contributed by atoms with Crippen molar-refractivity contribution in [2.75, 3.05) is 0 Å². The van der Waals surface area contributed by atoms with Gasteiger partial charge in [0.15, 0.2) is 0 Å². The van der Waals surface area contributed by atoms with Gasteiger partial charge in [0.1, 0.15) is 17.1 Å². The molecule has 0 bridgehead atoms. The van der Waals surface area contributed by atoms with Gasteiger partial charge < -0.3 is 9.52 Å². The fraction of sp³-hybridized carbons (Fsp3) is 0.235. The van der Waals surface area contributed by atoms with E-state index < -0.39 is 5.63 Å². The molecule has 0 spiro atoms. The summed E-state index contributed by atoms with van der Waals surface area (Å²) in [6.07, 6.45) is 5.68. The van der Waals surface area contributed by atoms with Crippen LogP contribution in [0.2, 0.25) is 0 Å². The van der Waals surface area contributed by atoms with E-state index in [9.17, 15) is 9.90 Å². The zero-order valence-electron chi connectivity index (χ0n) is 11.5. The van der Waals surface area contributed by atoms with E-state index in [1.165, 1.54) is 6.07 Å². The van der Waals surface area contributed by atoms with Crippen LogP contribution in [-0.4, -0.2) is 5.11 Å². The van der Waals surface area contributed by atoms with Crippen LogP contribution >= 0.6 is 0 Å². The Hall–Kier alpha value is -2.29. The normalized spacial score (nSPS) is 11.1. The first kappa shape index (κ1) is 14.1. The predicted molar refractivity (Wildman–Crippen MR) is 79.8 cm³/mol. The van der Waals surface area contributed by atoms with Gasteiger partial charge in [-0.1, -0.05) is 43.3 Å². The Labute approximate surface area is 118 Å². The van der Waals surface area contributed by atoms with Crippen molar-refractivity contribution in [2.45, 2.75) is 26.2 Å². The van der Waals surface area contributed by atoms with Crippen LogP contribution in [0.4, 0.5) is 0 Å². The molecule has 1 aromatic heterocycles. The van der Waals surface area contributed by atoms with Gasteiger partial charge in [0.05, 0.1) is 0 Å². The zero-order valence-corrected chi connectivity index (χ0v) is 11.5. The summed E-state index contributed by atoms with van der Waals surface area (Å²) in [5.74, 6) is 0.504. The van der Waals surface area contributed by atoms with Crippen molar-refractivity contribution in [3.63, 3.8) is 0 Å². The highest BCUT2D eigenvalue weighted by Crippen LogP contribution is 2.17. The van der Waals surface area contributed by atoms with Gasteiger partial charge in [-0.3, -0.25) is 0 Å². The number of hydrogen-bond acceptors (Lipinski definition) is 3. The summed E-state index contributed by atoms with van der Waals surface area (Å²) in [6.45, 7) is 1.99. The molecule has 1 aromatic carbocycles. The smallest absolute Gasteiger partial charge is 0.346 e. The Morgan fingerprint density at radius 3 is 2.65 bits per heavy atom. The fourth-order valence-corrected chi connectivity index (χ4v) is 1.99. The summed E-state index contributed by atoms with van der Waals surface area (Å²) in [6, 6.07) is 11.4. The van der Waals surface area contributed by atoms with Gasteiger partial charge in [-0.05, 0) is 24.5 Å². The molecule has 0 fully saturated rings. The zero-order chi connectivity index (χ0) is 14.4. The second-order valence-corrected chi connectivity index (χ2v) is 4.64. The quantitative estimate of drug-likeness (QED) is 0.903. The molecule has 0 aliphatic heterocycles. The molecule has 0 atom stereocenters. The minimum Gasteiger partial charge on any atom is -0.507 e. The highest BCUT2D eigenvalue weighted by Gasteiger charge is 2.07. The maximum Gasteiger partial charge on any atom is 0.346 e. The number of hydrogen-bond donors (Lipinski definition) is 1. The second-order valence-electron chi connectivity index (χ2n) is 4.64. The van der Waals surface area contributed by atoms with Crippen molar-refractivity contribution in [3.8, 4) is 5.75 Å². The monoisotopic (exact) mass is 270 g/mol. The molecular formula is C17H18O3. The molecule has 3 heteroatoms. The molecule has 0 saturated heterocycles. The molecule has 0 aliphatic carbocycles. The lowest BCUT2D eigenvalue weighted by Gasteiger charge is -2.01. The molecule has 2 aromatic rings. The van der Waals surface area contributed by atoms with Gasteiger partial charge in [-0.2, -0.15) is 0 Å². The Bertz CT molecular complexity index is 639. The maximum absolute atomic E-state index is 11.8. The predicted octanol–water partition coefficient (Wildman–Crippen LogP) is 3.55. The first-order valence-electron chi connectivity index (χ1n) is 6.77. The van der Waals surface area contributed by atoms with Crippen LogP contribution in [0, 0.1) is 0 Å². The summed E-state index contributed by atoms with van der Waals surface area (Å²) < 4.78 is 5.17. The van der Waals surface area contributed by atoms with Crippen LogP contribution in [0.15, 0.2) is 51.7 Å². The molecule has 0 aliphatic rings. The Morgan fingerprint density at radius 2 is 2.00 bits per heavy atom. The van der Waals surface area contributed by atoms with Crippen molar-refractivity contribution in [1.29, 1.82) is 0 Å². The SMILES string of the molecule is CCCc1cc(O)c(C=CCc2ccccc2)c(=O)o1. The third kappa shape index (κ3) is 3.60. The van der Waals surface area contributed by atoms with Crippen LogP contribution in [-0.2, 0) is 12.8 Å². The molecule has 2 rings (SSSR count). The molecule has 0 saturated carbocycles. The number of aryl methyl sites for hydroxylation is 1. The van der Waals surface area contributed by atoms with Crippen molar-refractivity contribution >= 4 is 6.08 Å². The van der Waals surface area contributed by atoms with Gasteiger partial charge >= 0.3 is 5.63 Å². The molecule has 1 heterocycles. The van der Waals surface area contributed by atoms with Gasteiger partial charge in [0.2, 0.25) is 0 Å². The van der Waals surface area contributed by atoms with E-state index in [1.807, 2.05) is 43.3 Å². The molecular weight excluding hydrogens is 252 g/mol. The summed E-state index contributed by atoms with van der Waals surface area (Å²) in [7, 11) is 0. The number of benzene rings is 1. The summed E-state index contributed by atoms with van der Waals surface area (Å²) in [5.41, 5.74) is 0.869. The molecule has 0 radical (unpaired) electrons. The minimum atomic E-state index is -0.488. The number of allylic oxidation sites excluding steroid dienone is 1. The van der Waals surface area contributed by atoms with E-state index in [0.29, 0.717) is 18.6 Å². The van der Waals surface area contributed by atoms with E-state index in [4.69, 9.17) is 4.42 Å². The van der Waals surface area contributed by atoms with Crippen LogP contribution < -0.4 is 5.63 Å². The van der Waals surface area contributed by atoms with E-state index in [1.54, 1.807) is 6.08 Å². The van der Waals surface area contributed by atoms with Gasteiger partial charge in [-0.15, -0.1) is 0 Å². The average molecular weight is 270 g/mol. The maximum atomic E-state index is 11.8. The second kappa shape index (κ2) is 6.75. The highest BCUT2D eigenvalue weighted by atomic mass is 16.4. The van der Waals surface area contributed by atoms with Crippen molar-refractivity contribution in [3.05, 3.63) is 69.8 Å². The van der Waals surface area contributed by atoms with Crippen molar-refractivity contribution < 1.29 is 9.52 Å². The molecule has 3 nitrogen and oxygen atoms in total. The van der Waals surface area contributed by atoms with Gasteiger partial charge in [-0.25, -0.2) is 4.79 Å². The van der Waals surface area contributed by atoms with Crippen LogP contribution in [0.3, 0.4) is 0 Å². The van der Waals surface area contributed by atoms with E-state index >= 15 is 0 Å². The lowest BCUT2D eigenvalue weighted by Crippen LogP contribution is -2.05. The Balaban J connectivity index is 2.15. The third-order valence-corrected chi connectivity index (χ3v) is 2.99. The number of aromatic hydroxyl groups is 1. The Morgan fingerprint density at radius 1 is 1.25 bits per heavy atom. The first-order chi connectivity index (χ1) is 9.70. The average Bonchev–Trinajstić information content (AvgIpc) is 2.43. The topological polar surface area (TPSA) is 50.4 Å². The van der Waals surface area contributed by atoms with Crippen LogP contribution in [0.1, 0.15) is 30.2 Å². The minimum absolute atomic E-state index is 0.0194. The standard InChI is InChI=1S/C17H18O3/c1-2-7-14-12-16(18)15(17(19)20-14)11-6-10-13-8-4-3-5-9-13/h3-6,8-9,11-12,18H,2,7,10H2,1H3. The van der Waals surface area contributed by atoms with Crippen molar-refractivity contribution in [2.24, 2.45) is 0 Å². The molecule has 0 amide bonds. The van der Waals surface area contributed by atoms with Gasteiger partial charge in [0.25, 0.3) is 0 Å². The fourth-order valence-electron chi connectivity index (χ4n) is 1.99. The molecule has 1 N–H and O–H groups in total. The van der Waals surface area contributed by atoms with Crippen LogP contribution in [0.5, 0.6) is 5.75 Å². The first-order valence-corrected chi connectivity index (χ1v) is 6.77. The largest absolute Gasteiger partial charge is 0.507 e. The highest BCUT2D eigenvalue weighted by molar-refractivity contribution is 5.55. The van der Waals surface area contributed by atoms with Gasteiger partial charge in [0, 0.05) is 12.5 Å².